The topological polar surface area (TPSA) is 151 Å². The monoisotopic (exact) mass is 776 g/mol. The lowest BCUT2D eigenvalue weighted by Gasteiger charge is -2.34. The van der Waals surface area contributed by atoms with Gasteiger partial charge in [-0.3, -0.25) is 19.6 Å². The van der Waals surface area contributed by atoms with Crippen LogP contribution in [0.3, 0.4) is 0 Å². The maximum Gasteiger partial charge on any atom is 0.407 e. The largest absolute Gasteiger partial charge is 0.453 e. The molecule has 2 aromatic carbocycles. The molecule has 2 aromatic rings. The van der Waals surface area contributed by atoms with E-state index < -0.39 is 24.3 Å². The summed E-state index contributed by atoms with van der Waals surface area (Å²) in [4.78, 5) is 62.6. The minimum absolute atomic E-state index is 0.00729. The van der Waals surface area contributed by atoms with Crippen molar-refractivity contribution in [3.05, 3.63) is 72.1 Å². The third kappa shape index (κ3) is 8.41. The van der Waals surface area contributed by atoms with Gasteiger partial charge < -0.3 is 30.3 Å². The lowest BCUT2D eigenvalue weighted by atomic mass is 9.79. The molecule has 3 fully saturated rings. The van der Waals surface area contributed by atoms with Crippen molar-refractivity contribution < 1.29 is 28.7 Å². The Morgan fingerprint density at radius 1 is 0.684 bits per heavy atom. The average Bonchev–Trinajstić information content (AvgIpc) is 4.07. The predicted octanol–water partition coefficient (Wildman–Crippen LogP) is 7.01. The first kappa shape index (κ1) is 40.0. The zero-order valence-corrected chi connectivity index (χ0v) is 33.9. The van der Waals surface area contributed by atoms with Crippen LogP contribution in [-0.4, -0.2) is 85.3 Å². The maximum atomic E-state index is 13.6. The lowest BCUT2D eigenvalue weighted by Crippen LogP contribution is -2.55. The van der Waals surface area contributed by atoms with Crippen molar-refractivity contribution in [2.45, 2.75) is 96.8 Å². The van der Waals surface area contributed by atoms with Gasteiger partial charge in [-0.1, -0.05) is 76.2 Å². The van der Waals surface area contributed by atoms with E-state index in [1.54, 1.807) is 0 Å². The molecule has 302 valence electrons. The third-order valence-electron chi connectivity index (χ3n) is 12.7. The van der Waals surface area contributed by atoms with E-state index in [1.807, 2.05) is 45.0 Å². The van der Waals surface area contributed by atoms with E-state index in [-0.39, 0.29) is 41.7 Å². The second kappa shape index (κ2) is 17.1. The summed E-state index contributed by atoms with van der Waals surface area (Å²) < 4.78 is 9.55. The second-order valence-corrected chi connectivity index (χ2v) is 16.9. The van der Waals surface area contributed by atoms with Crippen molar-refractivity contribution >= 4 is 46.6 Å². The van der Waals surface area contributed by atoms with Gasteiger partial charge in [-0.25, -0.2) is 9.59 Å². The van der Waals surface area contributed by atoms with Crippen LogP contribution in [0.1, 0.15) is 83.8 Å². The first-order chi connectivity index (χ1) is 27.4. The van der Waals surface area contributed by atoms with Crippen molar-refractivity contribution in [1.82, 2.24) is 20.9 Å². The van der Waals surface area contributed by atoms with E-state index in [0.717, 1.165) is 77.8 Å². The molecule has 3 heterocycles. The van der Waals surface area contributed by atoms with E-state index >= 15 is 0 Å². The summed E-state index contributed by atoms with van der Waals surface area (Å²) in [6, 6.07) is 15.8. The van der Waals surface area contributed by atoms with Crippen molar-refractivity contribution in [3.63, 3.8) is 0 Å². The van der Waals surface area contributed by atoms with Gasteiger partial charge in [0.25, 0.3) is 0 Å². The fourth-order valence-corrected chi connectivity index (χ4v) is 9.62. The number of benzene rings is 2. The quantitative estimate of drug-likeness (QED) is 0.211. The van der Waals surface area contributed by atoms with Gasteiger partial charge in [0.1, 0.15) is 12.1 Å². The Hall–Kier alpha value is -5.26. The highest BCUT2D eigenvalue weighted by Gasteiger charge is 2.51. The molecule has 0 spiro atoms. The highest BCUT2D eigenvalue weighted by atomic mass is 16.5. The lowest BCUT2D eigenvalue weighted by molar-refractivity contribution is -0.134. The number of aliphatic imine (C=N–C) groups is 2. The molecule has 4 amide bonds. The Morgan fingerprint density at radius 3 is 1.75 bits per heavy atom. The molecule has 2 bridgehead atoms. The van der Waals surface area contributed by atoms with E-state index in [4.69, 9.17) is 19.5 Å². The summed E-state index contributed by atoms with van der Waals surface area (Å²) in [5.74, 6) is 0.691. The fraction of sp³-hybridized carbons (Fsp3) is 0.511. The van der Waals surface area contributed by atoms with Crippen LogP contribution in [0.2, 0.25) is 0 Å². The molecule has 7 atom stereocenters. The fourth-order valence-electron chi connectivity index (χ4n) is 9.62. The van der Waals surface area contributed by atoms with Crippen LogP contribution in [0, 0.1) is 29.6 Å². The van der Waals surface area contributed by atoms with E-state index in [1.165, 1.54) is 19.8 Å². The number of rotatable bonds is 12. The van der Waals surface area contributed by atoms with Crippen LogP contribution in [0.4, 0.5) is 9.59 Å². The summed E-state index contributed by atoms with van der Waals surface area (Å²) in [5.41, 5.74) is 8.91. The number of hydrogen-bond acceptors (Lipinski definition) is 8. The SMILES string of the molecule is COC(=O)N[C@H](C(=O)N[C@H]1C2CCC(C2)[C@@H]1C1=NC=C(c2ccc(-c3ccc(C4=CN=C([C@@H]5CCCN5C(=O)[C@@H](NC(=O)OC)C(C)C)C4)cc3)cc2)C1)C(C)C. The molecule has 57 heavy (non-hydrogen) atoms. The number of fused-ring (bicyclic) bond motifs is 2. The van der Waals surface area contributed by atoms with Gasteiger partial charge in [-0.2, -0.15) is 0 Å². The first-order valence-corrected chi connectivity index (χ1v) is 20.5. The number of methoxy groups -OCH3 is 2. The van der Waals surface area contributed by atoms with Crippen LogP contribution in [0.15, 0.2) is 70.9 Å². The van der Waals surface area contributed by atoms with E-state index in [2.05, 4.69) is 64.5 Å². The summed E-state index contributed by atoms with van der Waals surface area (Å²) >= 11 is 0. The van der Waals surface area contributed by atoms with Crippen LogP contribution in [0.25, 0.3) is 22.3 Å². The molecule has 5 aliphatic rings. The summed E-state index contributed by atoms with van der Waals surface area (Å²) in [6.07, 6.45) is 9.25. The summed E-state index contributed by atoms with van der Waals surface area (Å²) in [7, 11) is 2.61. The molecular weight excluding hydrogens is 721 g/mol. The molecule has 2 unspecified atom stereocenters. The van der Waals surface area contributed by atoms with Crippen LogP contribution in [0.5, 0.6) is 0 Å². The number of ether oxygens (including phenoxy) is 2. The zero-order valence-electron chi connectivity index (χ0n) is 33.9. The van der Waals surface area contributed by atoms with Crippen LogP contribution in [-0.2, 0) is 19.1 Å². The second-order valence-electron chi connectivity index (χ2n) is 16.9. The van der Waals surface area contributed by atoms with Gasteiger partial charge in [0, 0.05) is 55.2 Å². The molecule has 7 rings (SSSR count). The molecule has 12 heteroatoms. The smallest absolute Gasteiger partial charge is 0.407 e. The average molecular weight is 777 g/mol. The number of hydrogen-bond donors (Lipinski definition) is 3. The number of allylic oxidation sites excluding steroid dienone is 2. The molecule has 2 aliphatic carbocycles. The van der Waals surface area contributed by atoms with Crippen molar-refractivity contribution in [2.24, 2.45) is 39.6 Å². The molecular formula is C45H56N6O6. The molecule has 1 saturated heterocycles. The maximum absolute atomic E-state index is 13.6. The van der Waals surface area contributed by atoms with Gasteiger partial charge in [0.2, 0.25) is 11.8 Å². The van der Waals surface area contributed by atoms with Crippen molar-refractivity contribution in [2.75, 3.05) is 20.8 Å². The standard InChI is InChI=1S/C45H56N6O6/c1-25(2)39(49-44(54)56-5)42(52)48-41-32-18-17-31(20-32)38(41)36-22-34(24-47-36)30-15-11-28(12-16-30)27-9-13-29(14-10-27)33-21-35(46-23-33)37-8-7-19-51(37)43(53)40(26(3)4)50-45(55)57-6/h9-16,23-26,31-32,37-41H,7-8,17-22H2,1-6H3,(H,48,52)(H,49,54)(H,50,55)/t31?,32?,37-,38+,39-,40-,41-/m0/s1. The Balaban J connectivity index is 0.944. The Bertz CT molecular complexity index is 1980. The Morgan fingerprint density at radius 2 is 1.19 bits per heavy atom. The highest BCUT2D eigenvalue weighted by molar-refractivity contribution is 6.04. The minimum Gasteiger partial charge on any atom is -0.453 e. The Kier molecular flexibility index (Phi) is 12.0. The number of carbonyl (C=O) groups excluding carboxylic acids is 4. The molecule has 0 aromatic heterocycles. The summed E-state index contributed by atoms with van der Waals surface area (Å²) in [6.45, 7) is 8.33. The minimum atomic E-state index is -0.665. The number of nitrogens with zero attached hydrogens (tertiary/aromatic N) is 3. The van der Waals surface area contributed by atoms with Gasteiger partial charge in [-0.15, -0.1) is 0 Å². The highest BCUT2D eigenvalue weighted by Crippen LogP contribution is 2.50. The molecule has 12 nitrogen and oxygen atoms in total. The normalized spacial score (nSPS) is 24.8. The summed E-state index contributed by atoms with van der Waals surface area (Å²) in [5, 5.41) is 8.77. The number of nitrogens with one attached hydrogen (secondary N) is 3. The van der Waals surface area contributed by atoms with Gasteiger partial charge >= 0.3 is 12.2 Å². The van der Waals surface area contributed by atoms with Crippen molar-refractivity contribution in [1.29, 1.82) is 0 Å². The zero-order chi connectivity index (χ0) is 40.4. The number of likely N-dealkylation sites (tertiary alicyclic amines) is 1. The van der Waals surface area contributed by atoms with E-state index in [9.17, 15) is 19.2 Å². The Labute approximate surface area is 335 Å². The van der Waals surface area contributed by atoms with Gasteiger partial charge in [0.05, 0.1) is 20.3 Å². The van der Waals surface area contributed by atoms with Gasteiger partial charge in [-0.05, 0) is 89.2 Å². The van der Waals surface area contributed by atoms with Crippen molar-refractivity contribution in [3.8, 4) is 11.1 Å². The number of alkyl carbamates (subject to hydrolysis) is 2. The molecule has 2 saturated carbocycles. The van der Waals surface area contributed by atoms with Gasteiger partial charge in [0.15, 0.2) is 0 Å². The number of amides is 4. The van der Waals surface area contributed by atoms with Crippen LogP contribution >= 0.6 is 0 Å². The molecule has 3 aliphatic heterocycles. The first-order valence-electron chi connectivity index (χ1n) is 20.5. The predicted molar refractivity (Wildman–Crippen MR) is 221 cm³/mol. The van der Waals surface area contributed by atoms with Crippen LogP contribution < -0.4 is 16.0 Å². The molecule has 0 radical (unpaired) electrons. The third-order valence-corrected chi connectivity index (χ3v) is 12.7. The molecule has 3 N–H and O–H groups in total. The van der Waals surface area contributed by atoms with E-state index in [0.29, 0.717) is 24.8 Å². The number of carbonyl (C=O) groups is 4.